The van der Waals surface area contributed by atoms with Crippen molar-refractivity contribution in [2.45, 2.75) is 11.0 Å². The number of nitrogens with zero attached hydrogens (tertiary/aromatic N) is 1. The van der Waals surface area contributed by atoms with Crippen LogP contribution in [0.2, 0.25) is 0 Å². The van der Waals surface area contributed by atoms with Gasteiger partial charge in [-0.25, -0.2) is 9.78 Å². The number of oxazole rings is 1. The van der Waals surface area contributed by atoms with Gasteiger partial charge in [-0.3, -0.25) is 0 Å². The van der Waals surface area contributed by atoms with Gasteiger partial charge >= 0.3 is 5.97 Å². The van der Waals surface area contributed by atoms with E-state index in [-0.39, 0.29) is 5.76 Å². The van der Waals surface area contributed by atoms with Crippen molar-refractivity contribution in [3.05, 3.63) is 47.9 Å². The van der Waals surface area contributed by atoms with Crippen molar-refractivity contribution in [1.82, 2.24) is 4.98 Å². The Morgan fingerprint density at radius 2 is 2.20 bits per heavy atom. The summed E-state index contributed by atoms with van der Waals surface area (Å²) in [5, 5.41) is 0.559. The fourth-order valence-electron chi connectivity index (χ4n) is 1.77. The van der Waals surface area contributed by atoms with E-state index in [1.807, 2.05) is 24.3 Å². The molecule has 0 saturated carbocycles. The van der Waals surface area contributed by atoms with E-state index in [4.69, 9.17) is 8.83 Å². The summed E-state index contributed by atoms with van der Waals surface area (Å²) < 4.78 is 15.4. The Morgan fingerprint density at radius 3 is 3.00 bits per heavy atom. The Kier molecular flexibility index (Phi) is 3.47. The predicted molar refractivity (Wildman–Crippen MR) is 73.6 cm³/mol. The molecule has 0 radical (unpaired) electrons. The van der Waals surface area contributed by atoms with E-state index in [2.05, 4.69) is 9.72 Å². The second-order valence-electron chi connectivity index (χ2n) is 4.00. The van der Waals surface area contributed by atoms with E-state index in [0.29, 0.717) is 11.0 Å². The van der Waals surface area contributed by atoms with Gasteiger partial charge in [-0.05, 0) is 18.2 Å². The van der Waals surface area contributed by atoms with Crippen LogP contribution in [0.15, 0.2) is 50.7 Å². The smallest absolute Gasteiger partial charge is 0.374 e. The molecule has 0 aliphatic heterocycles. The third-order valence-electron chi connectivity index (χ3n) is 2.74. The van der Waals surface area contributed by atoms with Crippen LogP contribution in [0.5, 0.6) is 0 Å². The first-order chi connectivity index (χ1) is 9.78. The lowest BCUT2D eigenvalue weighted by molar-refractivity contribution is 0.0564. The van der Waals surface area contributed by atoms with Gasteiger partial charge in [-0.2, -0.15) is 0 Å². The zero-order valence-electron chi connectivity index (χ0n) is 10.7. The molecule has 102 valence electrons. The van der Waals surface area contributed by atoms with Gasteiger partial charge in [0.2, 0.25) is 5.76 Å². The lowest BCUT2D eigenvalue weighted by Gasteiger charge is -1.98. The lowest BCUT2D eigenvalue weighted by atomic mass is 10.3. The predicted octanol–water partition coefficient (Wildman–Crippen LogP) is 3.50. The Balaban J connectivity index is 1.76. The number of rotatable bonds is 4. The van der Waals surface area contributed by atoms with E-state index < -0.39 is 5.97 Å². The SMILES string of the molecule is COC(=O)c1occc1CSc1nc2ccccc2o1. The van der Waals surface area contributed by atoms with Crippen LogP contribution in [0.4, 0.5) is 0 Å². The first-order valence-electron chi connectivity index (χ1n) is 5.91. The molecular weight excluding hydrogens is 278 g/mol. The number of carbonyl (C=O) groups excluding carboxylic acids is 1. The summed E-state index contributed by atoms with van der Waals surface area (Å²) in [4.78, 5) is 15.8. The van der Waals surface area contributed by atoms with Crippen LogP contribution >= 0.6 is 11.8 Å². The summed E-state index contributed by atoms with van der Waals surface area (Å²) in [6.45, 7) is 0. The van der Waals surface area contributed by atoms with Gasteiger partial charge in [-0.15, -0.1) is 0 Å². The number of carbonyl (C=O) groups is 1. The van der Waals surface area contributed by atoms with E-state index in [0.717, 1.165) is 16.7 Å². The van der Waals surface area contributed by atoms with Gasteiger partial charge in [0.25, 0.3) is 5.22 Å². The van der Waals surface area contributed by atoms with Crippen LogP contribution in [0, 0.1) is 0 Å². The van der Waals surface area contributed by atoms with Crippen molar-refractivity contribution in [3.63, 3.8) is 0 Å². The summed E-state index contributed by atoms with van der Waals surface area (Å²) in [5.74, 6) is 0.257. The number of ether oxygens (including phenoxy) is 1. The second-order valence-corrected chi connectivity index (χ2v) is 4.93. The highest BCUT2D eigenvalue weighted by Crippen LogP contribution is 2.27. The highest BCUT2D eigenvalue weighted by Gasteiger charge is 2.16. The fraction of sp³-hybridized carbons (Fsp3) is 0.143. The Bertz CT molecular complexity index is 713. The number of fused-ring (bicyclic) bond motifs is 1. The standard InChI is InChI=1S/C14H11NO4S/c1-17-13(16)12-9(6-7-18-12)8-20-14-15-10-4-2-3-5-11(10)19-14/h2-7H,8H2,1H3. The summed E-state index contributed by atoms with van der Waals surface area (Å²) >= 11 is 1.40. The number of hydrogen-bond donors (Lipinski definition) is 0. The van der Waals surface area contributed by atoms with Gasteiger partial charge in [-0.1, -0.05) is 23.9 Å². The molecule has 2 aromatic heterocycles. The van der Waals surface area contributed by atoms with Crippen molar-refractivity contribution in [3.8, 4) is 0 Å². The highest BCUT2D eigenvalue weighted by molar-refractivity contribution is 7.98. The van der Waals surface area contributed by atoms with Crippen molar-refractivity contribution < 1.29 is 18.4 Å². The van der Waals surface area contributed by atoms with Crippen molar-refractivity contribution in [2.24, 2.45) is 0 Å². The number of esters is 1. The Hall–Kier alpha value is -2.21. The number of methoxy groups -OCH3 is 1. The molecule has 0 saturated heterocycles. The highest BCUT2D eigenvalue weighted by atomic mass is 32.2. The maximum atomic E-state index is 11.5. The lowest BCUT2D eigenvalue weighted by Crippen LogP contribution is -2.02. The van der Waals surface area contributed by atoms with E-state index in [1.165, 1.54) is 25.1 Å². The van der Waals surface area contributed by atoms with Crippen LogP contribution in [0.1, 0.15) is 16.1 Å². The first-order valence-corrected chi connectivity index (χ1v) is 6.89. The maximum Gasteiger partial charge on any atom is 0.374 e. The summed E-state index contributed by atoms with van der Waals surface area (Å²) in [6, 6.07) is 9.30. The van der Waals surface area contributed by atoms with Crippen molar-refractivity contribution in [2.75, 3.05) is 7.11 Å². The molecule has 0 spiro atoms. The molecule has 0 fully saturated rings. The molecule has 1 aromatic carbocycles. The molecule has 5 nitrogen and oxygen atoms in total. The number of para-hydroxylation sites is 2. The molecule has 20 heavy (non-hydrogen) atoms. The van der Waals surface area contributed by atoms with Crippen LogP contribution in [-0.2, 0) is 10.5 Å². The van der Waals surface area contributed by atoms with Crippen molar-refractivity contribution in [1.29, 1.82) is 0 Å². The molecule has 2 heterocycles. The van der Waals surface area contributed by atoms with Crippen LogP contribution in [0.25, 0.3) is 11.1 Å². The molecule has 0 aliphatic rings. The van der Waals surface area contributed by atoms with Crippen LogP contribution < -0.4 is 0 Å². The Labute approximate surface area is 118 Å². The molecule has 3 aromatic rings. The normalized spacial score (nSPS) is 10.8. The minimum absolute atomic E-state index is 0.219. The average molecular weight is 289 g/mol. The Morgan fingerprint density at radius 1 is 1.35 bits per heavy atom. The topological polar surface area (TPSA) is 65.5 Å². The van der Waals surface area contributed by atoms with Gasteiger partial charge in [0.15, 0.2) is 5.58 Å². The van der Waals surface area contributed by atoms with Gasteiger partial charge in [0.05, 0.1) is 13.4 Å². The summed E-state index contributed by atoms with van der Waals surface area (Å²) in [7, 11) is 1.32. The fourth-order valence-corrected chi connectivity index (χ4v) is 2.59. The molecule has 0 unspecified atom stereocenters. The molecule has 0 atom stereocenters. The number of benzene rings is 1. The molecule has 0 aliphatic carbocycles. The largest absolute Gasteiger partial charge is 0.463 e. The van der Waals surface area contributed by atoms with Crippen LogP contribution in [0.3, 0.4) is 0 Å². The van der Waals surface area contributed by atoms with Crippen molar-refractivity contribution >= 4 is 28.8 Å². The van der Waals surface area contributed by atoms with E-state index >= 15 is 0 Å². The third-order valence-corrected chi connectivity index (χ3v) is 3.62. The third kappa shape index (κ3) is 2.42. The minimum atomic E-state index is -0.483. The molecule has 3 rings (SSSR count). The van der Waals surface area contributed by atoms with Crippen LogP contribution in [-0.4, -0.2) is 18.1 Å². The van der Waals surface area contributed by atoms with E-state index in [1.54, 1.807) is 6.07 Å². The average Bonchev–Trinajstić information content (AvgIpc) is 3.10. The van der Waals surface area contributed by atoms with E-state index in [9.17, 15) is 4.79 Å². The van der Waals surface area contributed by atoms with Gasteiger partial charge < -0.3 is 13.6 Å². The zero-order chi connectivity index (χ0) is 13.9. The van der Waals surface area contributed by atoms with Gasteiger partial charge in [0, 0.05) is 11.3 Å². The minimum Gasteiger partial charge on any atom is -0.463 e. The monoisotopic (exact) mass is 289 g/mol. The molecule has 0 amide bonds. The molecule has 0 bridgehead atoms. The molecular formula is C14H11NO4S. The number of thioether (sulfide) groups is 1. The van der Waals surface area contributed by atoms with Gasteiger partial charge in [0.1, 0.15) is 5.52 Å². The zero-order valence-corrected chi connectivity index (χ0v) is 11.5. The summed E-state index contributed by atoms with van der Waals surface area (Å²) in [6.07, 6.45) is 1.47. The number of aromatic nitrogens is 1. The molecule has 0 N–H and O–H groups in total. The quantitative estimate of drug-likeness (QED) is 0.541. The summed E-state index contributed by atoms with van der Waals surface area (Å²) in [5.41, 5.74) is 2.31. The first kappa shape index (κ1) is 12.8. The number of furan rings is 1. The maximum absolute atomic E-state index is 11.5. The molecule has 6 heteroatoms. The second kappa shape index (κ2) is 5.42. The number of hydrogen-bond acceptors (Lipinski definition) is 6.